The van der Waals surface area contributed by atoms with Gasteiger partial charge in [-0.15, -0.1) is 0 Å². The summed E-state index contributed by atoms with van der Waals surface area (Å²) in [6.07, 6.45) is 0.637. The zero-order valence-electron chi connectivity index (χ0n) is 12.0. The first-order chi connectivity index (χ1) is 8.99. The van der Waals surface area contributed by atoms with E-state index in [9.17, 15) is 9.90 Å². The zero-order chi connectivity index (χ0) is 14.4. The highest BCUT2D eigenvalue weighted by molar-refractivity contribution is 7.17. The van der Waals surface area contributed by atoms with Crippen molar-refractivity contribution in [1.82, 2.24) is 4.98 Å². The fourth-order valence-corrected chi connectivity index (χ4v) is 2.82. The molecule has 1 N–H and O–H groups in total. The largest absolute Gasteiger partial charge is 0.477 e. The third kappa shape index (κ3) is 4.47. The molecule has 1 heterocycles. The van der Waals surface area contributed by atoms with Crippen LogP contribution in [0.2, 0.25) is 0 Å². The Balaban J connectivity index is 2.97. The summed E-state index contributed by atoms with van der Waals surface area (Å²) in [4.78, 5) is 18.1. The van der Waals surface area contributed by atoms with Gasteiger partial charge < -0.3 is 14.7 Å². The minimum absolute atomic E-state index is 0.351. The molecular formula is C13H22N2O3S. The molecule has 0 radical (unpaired) electrons. The smallest absolute Gasteiger partial charge is 0.347 e. The maximum Gasteiger partial charge on any atom is 0.347 e. The highest BCUT2D eigenvalue weighted by Gasteiger charge is 2.20. The first-order valence-electron chi connectivity index (χ1n) is 6.46. The van der Waals surface area contributed by atoms with E-state index in [0.29, 0.717) is 29.5 Å². The van der Waals surface area contributed by atoms with Crippen LogP contribution in [0.3, 0.4) is 0 Å². The summed E-state index contributed by atoms with van der Waals surface area (Å²) in [7, 11) is 1.66. The van der Waals surface area contributed by atoms with Crippen molar-refractivity contribution in [3.8, 4) is 0 Å². The SMILES string of the molecule is CCc1nc(N(CCOC)CC(C)C)sc1C(=O)O. The Kier molecular flexibility index (Phi) is 6.24. The second-order valence-electron chi connectivity index (χ2n) is 4.76. The quantitative estimate of drug-likeness (QED) is 0.795. The number of rotatable bonds is 8. The molecule has 0 aliphatic carbocycles. The van der Waals surface area contributed by atoms with Gasteiger partial charge in [0.05, 0.1) is 12.3 Å². The van der Waals surface area contributed by atoms with Crippen molar-refractivity contribution in [3.05, 3.63) is 10.6 Å². The molecular weight excluding hydrogens is 264 g/mol. The number of aryl methyl sites for hydroxylation is 1. The van der Waals surface area contributed by atoms with Crippen molar-refractivity contribution < 1.29 is 14.6 Å². The van der Waals surface area contributed by atoms with Crippen LogP contribution >= 0.6 is 11.3 Å². The monoisotopic (exact) mass is 286 g/mol. The average molecular weight is 286 g/mol. The van der Waals surface area contributed by atoms with Gasteiger partial charge in [0, 0.05) is 20.2 Å². The van der Waals surface area contributed by atoms with Crippen LogP contribution in [0.25, 0.3) is 0 Å². The third-order valence-electron chi connectivity index (χ3n) is 2.64. The lowest BCUT2D eigenvalue weighted by Gasteiger charge is -2.23. The van der Waals surface area contributed by atoms with Crippen molar-refractivity contribution in [1.29, 1.82) is 0 Å². The topological polar surface area (TPSA) is 62.7 Å². The number of carboxylic acids is 1. The summed E-state index contributed by atoms with van der Waals surface area (Å²) in [6.45, 7) is 8.37. The van der Waals surface area contributed by atoms with Crippen LogP contribution in [0.1, 0.15) is 36.1 Å². The van der Waals surface area contributed by atoms with Crippen LogP contribution < -0.4 is 4.90 Å². The number of nitrogens with zero attached hydrogens (tertiary/aromatic N) is 2. The second-order valence-corrected chi connectivity index (χ2v) is 5.74. The Morgan fingerprint density at radius 1 is 1.53 bits per heavy atom. The number of thiazole rings is 1. The van der Waals surface area contributed by atoms with E-state index in [0.717, 1.165) is 18.2 Å². The van der Waals surface area contributed by atoms with E-state index in [4.69, 9.17) is 4.74 Å². The molecule has 1 rings (SSSR count). The first kappa shape index (κ1) is 15.9. The molecule has 0 bridgehead atoms. The Labute approximate surface area is 118 Å². The van der Waals surface area contributed by atoms with Crippen molar-refractivity contribution >= 4 is 22.4 Å². The number of carbonyl (C=O) groups is 1. The molecule has 5 nitrogen and oxygen atoms in total. The van der Waals surface area contributed by atoms with E-state index in [1.807, 2.05) is 6.92 Å². The number of methoxy groups -OCH3 is 1. The normalized spacial score (nSPS) is 11.0. The van der Waals surface area contributed by atoms with Crippen molar-refractivity contribution in [3.63, 3.8) is 0 Å². The fourth-order valence-electron chi connectivity index (χ4n) is 1.79. The van der Waals surface area contributed by atoms with E-state index in [1.54, 1.807) is 7.11 Å². The number of hydrogen-bond donors (Lipinski definition) is 1. The lowest BCUT2D eigenvalue weighted by molar-refractivity contribution is 0.0701. The van der Waals surface area contributed by atoms with E-state index in [1.165, 1.54) is 11.3 Å². The van der Waals surface area contributed by atoms with Crippen LogP contribution in [0.15, 0.2) is 0 Å². The number of aromatic carboxylic acids is 1. The van der Waals surface area contributed by atoms with E-state index in [2.05, 4.69) is 23.7 Å². The van der Waals surface area contributed by atoms with Crippen LogP contribution in [0.5, 0.6) is 0 Å². The number of hydrogen-bond acceptors (Lipinski definition) is 5. The molecule has 0 aromatic carbocycles. The third-order valence-corrected chi connectivity index (χ3v) is 3.78. The summed E-state index contributed by atoms with van der Waals surface area (Å²) in [6, 6.07) is 0. The van der Waals surface area contributed by atoms with Crippen LogP contribution in [-0.4, -0.2) is 42.9 Å². The predicted octanol–water partition coefficient (Wildman–Crippen LogP) is 2.51. The highest BCUT2D eigenvalue weighted by atomic mass is 32.1. The second kappa shape index (κ2) is 7.45. The van der Waals surface area contributed by atoms with E-state index < -0.39 is 5.97 Å². The van der Waals surface area contributed by atoms with Crippen molar-refractivity contribution in [2.75, 3.05) is 31.7 Å². The average Bonchev–Trinajstić information content (AvgIpc) is 2.78. The molecule has 19 heavy (non-hydrogen) atoms. The molecule has 0 saturated carbocycles. The molecule has 1 aromatic heterocycles. The van der Waals surface area contributed by atoms with Gasteiger partial charge in [-0.25, -0.2) is 9.78 Å². The molecule has 0 saturated heterocycles. The molecule has 6 heteroatoms. The zero-order valence-corrected chi connectivity index (χ0v) is 12.8. The highest BCUT2D eigenvalue weighted by Crippen LogP contribution is 2.27. The van der Waals surface area contributed by atoms with Crippen LogP contribution in [-0.2, 0) is 11.2 Å². The number of anilines is 1. The molecule has 1 aromatic rings. The Morgan fingerprint density at radius 3 is 2.63 bits per heavy atom. The van der Waals surface area contributed by atoms with Gasteiger partial charge in [0.1, 0.15) is 4.88 Å². The van der Waals surface area contributed by atoms with Gasteiger partial charge in [-0.3, -0.25) is 0 Å². The van der Waals surface area contributed by atoms with E-state index >= 15 is 0 Å². The number of aromatic nitrogens is 1. The maximum absolute atomic E-state index is 11.2. The van der Waals surface area contributed by atoms with Crippen LogP contribution in [0, 0.1) is 5.92 Å². The summed E-state index contributed by atoms with van der Waals surface area (Å²) in [5, 5.41) is 9.95. The molecule has 0 atom stereocenters. The lowest BCUT2D eigenvalue weighted by Crippen LogP contribution is -2.30. The lowest BCUT2D eigenvalue weighted by atomic mass is 10.2. The standard InChI is InChI=1S/C13H22N2O3S/c1-5-10-11(12(16)17)19-13(14-10)15(6-7-18-4)8-9(2)3/h9H,5-8H2,1-4H3,(H,16,17). The molecule has 0 amide bonds. The van der Waals surface area contributed by atoms with Gasteiger partial charge in [-0.05, 0) is 12.3 Å². The van der Waals surface area contributed by atoms with Crippen LogP contribution in [0.4, 0.5) is 5.13 Å². The van der Waals surface area contributed by atoms with Gasteiger partial charge in [0.15, 0.2) is 5.13 Å². The maximum atomic E-state index is 11.2. The van der Waals surface area contributed by atoms with Gasteiger partial charge >= 0.3 is 5.97 Å². The summed E-state index contributed by atoms with van der Waals surface area (Å²) < 4.78 is 5.11. The molecule has 0 aliphatic rings. The number of carboxylic acid groups (broad SMARTS) is 1. The van der Waals surface area contributed by atoms with Gasteiger partial charge in [-0.1, -0.05) is 32.1 Å². The molecule has 0 unspecified atom stereocenters. The summed E-state index contributed by atoms with van der Waals surface area (Å²) >= 11 is 1.25. The van der Waals surface area contributed by atoms with Crippen molar-refractivity contribution in [2.24, 2.45) is 5.92 Å². The predicted molar refractivity (Wildman–Crippen MR) is 77.4 cm³/mol. The number of ether oxygens (including phenoxy) is 1. The fraction of sp³-hybridized carbons (Fsp3) is 0.692. The Morgan fingerprint density at radius 2 is 2.21 bits per heavy atom. The Bertz CT molecular complexity index is 418. The van der Waals surface area contributed by atoms with Gasteiger partial charge in [-0.2, -0.15) is 0 Å². The molecule has 108 valence electrons. The minimum atomic E-state index is -0.892. The summed E-state index contributed by atoms with van der Waals surface area (Å²) in [5.74, 6) is -0.407. The van der Waals surface area contributed by atoms with E-state index in [-0.39, 0.29) is 0 Å². The van der Waals surface area contributed by atoms with Gasteiger partial charge in [0.2, 0.25) is 0 Å². The van der Waals surface area contributed by atoms with Crippen molar-refractivity contribution in [2.45, 2.75) is 27.2 Å². The molecule has 0 fully saturated rings. The minimum Gasteiger partial charge on any atom is -0.477 e. The van der Waals surface area contributed by atoms with Gasteiger partial charge in [0.25, 0.3) is 0 Å². The molecule has 0 aliphatic heterocycles. The Hall–Kier alpha value is -1.14. The first-order valence-corrected chi connectivity index (χ1v) is 7.28. The summed E-state index contributed by atoms with van der Waals surface area (Å²) in [5.41, 5.74) is 0.665. The molecule has 0 spiro atoms.